The fourth-order valence-electron chi connectivity index (χ4n) is 2.60. The maximum Gasteiger partial charge on any atom is 0.362 e. The molecule has 1 fully saturated rings. The Labute approximate surface area is 186 Å². The highest BCUT2D eigenvalue weighted by Gasteiger charge is 2.30. The number of morpholine rings is 1. The summed E-state index contributed by atoms with van der Waals surface area (Å²) in [7, 11) is -3.97. The molecule has 0 bridgehead atoms. The molecule has 0 atom stereocenters. The standard InChI is InChI=1S/C16H16Cl2N4O6S2/c1-2-28-16(24)13-15(29-21-20-13)19-14(23)9-7-12(11(18)8-10(9)17)30(25,26)22-3-5-27-6-4-22/h7-8H,2-6H2,1H3,(H,19,23). The van der Waals surface area contributed by atoms with Gasteiger partial charge in [0.2, 0.25) is 15.7 Å². The van der Waals surface area contributed by atoms with E-state index >= 15 is 0 Å². The predicted octanol–water partition coefficient (Wildman–Crippen LogP) is 2.29. The lowest BCUT2D eigenvalue weighted by atomic mass is 10.2. The summed E-state index contributed by atoms with van der Waals surface area (Å²) in [6.45, 7) is 2.59. The van der Waals surface area contributed by atoms with Crippen LogP contribution in [0.15, 0.2) is 17.0 Å². The molecule has 162 valence electrons. The minimum absolute atomic E-state index is 0.0436. The van der Waals surface area contributed by atoms with Gasteiger partial charge in [-0.15, -0.1) is 5.10 Å². The number of nitrogens with one attached hydrogen (secondary N) is 1. The third kappa shape index (κ3) is 4.74. The molecule has 1 amide bonds. The third-order valence-electron chi connectivity index (χ3n) is 4.04. The maximum atomic E-state index is 13.0. The van der Waals surface area contributed by atoms with Gasteiger partial charge in [-0.3, -0.25) is 4.79 Å². The monoisotopic (exact) mass is 494 g/mol. The predicted molar refractivity (Wildman–Crippen MR) is 110 cm³/mol. The highest BCUT2D eigenvalue weighted by Crippen LogP contribution is 2.32. The first-order valence-electron chi connectivity index (χ1n) is 8.63. The van der Waals surface area contributed by atoms with Crippen molar-refractivity contribution in [2.45, 2.75) is 11.8 Å². The number of carbonyl (C=O) groups excluding carboxylic acids is 2. The van der Waals surface area contributed by atoms with E-state index in [0.29, 0.717) is 0 Å². The van der Waals surface area contributed by atoms with Crippen molar-refractivity contribution in [1.82, 2.24) is 13.9 Å². The number of halogens is 2. The maximum absolute atomic E-state index is 13.0. The molecule has 0 unspecified atom stereocenters. The lowest BCUT2D eigenvalue weighted by Crippen LogP contribution is -2.40. The van der Waals surface area contributed by atoms with Gasteiger partial charge in [-0.05, 0) is 19.1 Å². The summed E-state index contributed by atoms with van der Waals surface area (Å²) in [5, 5.41) is 5.98. The minimum atomic E-state index is -3.97. The van der Waals surface area contributed by atoms with Crippen LogP contribution in [0, 0.1) is 0 Å². The molecular weight excluding hydrogens is 479 g/mol. The first kappa shape index (κ1) is 22.8. The second-order valence-corrected chi connectivity index (χ2v) is 9.38. The lowest BCUT2D eigenvalue weighted by Gasteiger charge is -2.26. The Hall–Kier alpha value is -1.83. The molecule has 0 saturated carbocycles. The Bertz CT molecular complexity index is 1070. The average molecular weight is 495 g/mol. The number of hydrogen-bond acceptors (Lipinski definition) is 9. The highest BCUT2D eigenvalue weighted by atomic mass is 35.5. The van der Waals surface area contributed by atoms with E-state index in [1.165, 1.54) is 10.4 Å². The summed E-state index contributed by atoms with van der Waals surface area (Å²) in [5.41, 5.74) is -0.308. The van der Waals surface area contributed by atoms with E-state index in [4.69, 9.17) is 32.7 Å². The van der Waals surface area contributed by atoms with E-state index in [2.05, 4.69) is 14.9 Å². The summed E-state index contributed by atoms with van der Waals surface area (Å²) in [6.07, 6.45) is 0. The van der Waals surface area contributed by atoms with E-state index < -0.39 is 21.9 Å². The van der Waals surface area contributed by atoms with E-state index in [9.17, 15) is 18.0 Å². The van der Waals surface area contributed by atoms with Crippen LogP contribution in [0.5, 0.6) is 0 Å². The Morgan fingerprint density at radius 1 is 1.27 bits per heavy atom. The second kappa shape index (κ2) is 9.54. The number of esters is 1. The van der Waals surface area contributed by atoms with E-state index in [0.717, 1.165) is 17.6 Å². The lowest BCUT2D eigenvalue weighted by molar-refractivity contribution is 0.0520. The van der Waals surface area contributed by atoms with Crippen molar-refractivity contribution in [3.05, 3.63) is 33.4 Å². The summed E-state index contributed by atoms with van der Waals surface area (Å²) in [5.74, 6) is -1.51. The first-order valence-corrected chi connectivity index (χ1v) is 11.6. The van der Waals surface area contributed by atoms with Gasteiger partial charge in [0.05, 0.1) is 35.4 Å². The molecule has 30 heavy (non-hydrogen) atoms. The third-order valence-corrected chi connectivity index (χ3v) is 7.36. The van der Waals surface area contributed by atoms with Crippen molar-refractivity contribution in [1.29, 1.82) is 0 Å². The molecule has 0 radical (unpaired) electrons. The van der Waals surface area contributed by atoms with Crippen molar-refractivity contribution in [2.75, 3.05) is 38.2 Å². The van der Waals surface area contributed by atoms with Gasteiger partial charge >= 0.3 is 5.97 Å². The van der Waals surface area contributed by atoms with Crippen LogP contribution in [0.3, 0.4) is 0 Å². The zero-order valence-corrected chi connectivity index (χ0v) is 18.7. The quantitative estimate of drug-likeness (QED) is 0.605. The van der Waals surface area contributed by atoms with Crippen molar-refractivity contribution in [3.63, 3.8) is 0 Å². The molecule has 1 saturated heterocycles. The molecule has 1 aromatic heterocycles. The van der Waals surface area contributed by atoms with Crippen molar-refractivity contribution in [3.8, 4) is 0 Å². The largest absolute Gasteiger partial charge is 0.461 e. The number of anilines is 1. The normalized spacial score (nSPS) is 15.0. The smallest absolute Gasteiger partial charge is 0.362 e. The van der Waals surface area contributed by atoms with Crippen LogP contribution in [-0.4, -0.2) is 67.1 Å². The van der Waals surface area contributed by atoms with Crippen LogP contribution < -0.4 is 5.32 Å². The summed E-state index contributed by atoms with van der Waals surface area (Å²) < 4.78 is 40.8. The number of rotatable bonds is 6. The van der Waals surface area contributed by atoms with Crippen molar-refractivity contribution >= 4 is 61.6 Å². The molecule has 3 rings (SSSR count). The topological polar surface area (TPSA) is 128 Å². The number of aromatic nitrogens is 2. The zero-order valence-electron chi connectivity index (χ0n) is 15.6. The van der Waals surface area contributed by atoms with E-state index in [1.54, 1.807) is 6.92 Å². The molecule has 1 aliphatic heterocycles. The number of nitrogens with zero attached hydrogens (tertiary/aromatic N) is 3. The summed E-state index contributed by atoms with van der Waals surface area (Å²) >= 11 is 13.0. The molecule has 2 heterocycles. The van der Waals surface area contributed by atoms with Gasteiger partial charge in [-0.1, -0.05) is 27.7 Å². The number of hydrogen-bond donors (Lipinski definition) is 1. The second-order valence-electron chi connectivity index (χ2n) is 5.90. The van der Waals surface area contributed by atoms with Crippen LogP contribution in [0.1, 0.15) is 27.8 Å². The Balaban J connectivity index is 1.92. The Kier molecular flexibility index (Phi) is 7.26. The van der Waals surface area contributed by atoms with Crippen LogP contribution in [0.2, 0.25) is 10.0 Å². The Morgan fingerprint density at radius 3 is 2.63 bits per heavy atom. The summed E-state index contributed by atoms with van der Waals surface area (Å²) in [4.78, 5) is 24.4. The van der Waals surface area contributed by atoms with Crippen LogP contribution in [0.25, 0.3) is 0 Å². The SMILES string of the molecule is CCOC(=O)c1nnsc1NC(=O)c1cc(S(=O)(=O)N2CCOCC2)c(Cl)cc1Cl. The summed E-state index contributed by atoms with van der Waals surface area (Å²) in [6, 6.07) is 2.28. The molecule has 10 nitrogen and oxygen atoms in total. The van der Waals surface area contributed by atoms with Crippen LogP contribution in [-0.2, 0) is 19.5 Å². The van der Waals surface area contributed by atoms with Gasteiger partial charge in [-0.2, -0.15) is 4.31 Å². The number of benzene rings is 1. The number of amides is 1. The molecule has 1 aliphatic rings. The van der Waals surface area contributed by atoms with Gasteiger partial charge in [-0.25, -0.2) is 13.2 Å². The Morgan fingerprint density at radius 2 is 1.97 bits per heavy atom. The van der Waals surface area contributed by atoms with Gasteiger partial charge < -0.3 is 14.8 Å². The van der Waals surface area contributed by atoms with Crippen molar-refractivity contribution in [2.24, 2.45) is 0 Å². The molecule has 2 aromatic rings. The molecule has 1 N–H and O–H groups in total. The van der Waals surface area contributed by atoms with Crippen LogP contribution in [0.4, 0.5) is 5.00 Å². The van der Waals surface area contributed by atoms with Crippen LogP contribution >= 0.6 is 34.7 Å². The minimum Gasteiger partial charge on any atom is -0.461 e. The molecule has 0 aliphatic carbocycles. The number of sulfonamides is 1. The number of ether oxygens (including phenoxy) is 2. The molecule has 0 spiro atoms. The van der Waals surface area contributed by atoms with E-state index in [-0.39, 0.29) is 64.1 Å². The highest BCUT2D eigenvalue weighted by molar-refractivity contribution is 7.89. The van der Waals surface area contributed by atoms with Gasteiger partial charge in [0.15, 0.2) is 5.00 Å². The fourth-order valence-corrected chi connectivity index (χ4v) is 5.40. The average Bonchev–Trinajstić information content (AvgIpc) is 3.16. The van der Waals surface area contributed by atoms with Gasteiger partial charge in [0, 0.05) is 24.6 Å². The fraction of sp³-hybridized carbons (Fsp3) is 0.375. The first-order chi connectivity index (χ1) is 14.3. The van der Waals surface area contributed by atoms with Crippen molar-refractivity contribution < 1.29 is 27.5 Å². The van der Waals surface area contributed by atoms with Gasteiger partial charge in [0.25, 0.3) is 5.91 Å². The van der Waals surface area contributed by atoms with E-state index in [1.807, 2.05) is 0 Å². The molecule has 14 heteroatoms. The van der Waals surface area contributed by atoms with Gasteiger partial charge in [0.1, 0.15) is 4.90 Å². The molecular formula is C16H16Cl2N4O6S2. The molecule has 1 aromatic carbocycles. The number of carbonyl (C=O) groups is 2. The zero-order chi connectivity index (χ0) is 21.9.